The number of rotatable bonds is 7. The van der Waals surface area contributed by atoms with Crippen molar-refractivity contribution < 1.29 is 33.0 Å². The third-order valence-corrected chi connectivity index (χ3v) is 6.07. The molecule has 1 fully saturated rings. The Bertz CT molecular complexity index is 1290. The molecule has 3 aromatic rings. The van der Waals surface area contributed by atoms with Crippen LogP contribution < -0.4 is 14.4 Å². The van der Waals surface area contributed by atoms with Crippen LogP contribution in [0.3, 0.4) is 0 Å². The Balaban J connectivity index is 1.31. The van der Waals surface area contributed by atoms with Crippen LogP contribution in [0.15, 0.2) is 59.0 Å². The molecule has 0 bridgehead atoms. The van der Waals surface area contributed by atoms with Gasteiger partial charge in [0, 0.05) is 18.7 Å². The number of hydrogen-bond acceptors (Lipinski definition) is 7. The highest BCUT2D eigenvalue weighted by Gasteiger charge is 2.28. The van der Waals surface area contributed by atoms with E-state index in [1.54, 1.807) is 41.3 Å². The van der Waals surface area contributed by atoms with Crippen molar-refractivity contribution >= 4 is 23.3 Å². The van der Waals surface area contributed by atoms with Crippen LogP contribution in [0.1, 0.15) is 32.2 Å². The third kappa shape index (κ3) is 5.11. The summed E-state index contributed by atoms with van der Waals surface area (Å²) >= 11 is 0. The molecule has 0 spiro atoms. The first-order valence-corrected chi connectivity index (χ1v) is 11.7. The molecule has 9 nitrogen and oxygen atoms in total. The molecule has 0 unspecified atom stereocenters. The average molecular weight is 491 g/mol. The number of anilines is 1. The number of ether oxygens (including phenoxy) is 3. The van der Waals surface area contributed by atoms with Gasteiger partial charge < -0.3 is 23.5 Å². The molecule has 36 heavy (non-hydrogen) atoms. The number of nitrogens with zero attached hydrogens (tertiary/aromatic N) is 2. The Morgan fingerprint density at radius 3 is 2.67 bits per heavy atom. The molecule has 0 N–H and O–H groups in total. The molecule has 2 aliphatic heterocycles. The number of morpholine rings is 1. The Hall–Kier alpha value is -4.11. The molecule has 1 saturated heterocycles. The summed E-state index contributed by atoms with van der Waals surface area (Å²) < 4.78 is 22.3. The highest BCUT2D eigenvalue weighted by atomic mass is 16.5. The molecule has 2 aliphatic rings. The Morgan fingerprint density at radius 2 is 1.86 bits per heavy atom. The fraction of sp³-hybridized carbons (Fsp3) is 0.296. The number of hydrogen-bond donors (Lipinski definition) is 0. The molecule has 2 aromatic carbocycles. The predicted molar refractivity (Wildman–Crippen MR) is 130 cm³/mol. The van der Waals surface area contributed by atoms with E-state index in [0.717, 1.165) is 5.56 Å². The van der Waals surface area contributed by atoms with E-state index >= 15 is 0 Å². The van der Waals surface area contributed by atoms with Gasteiger partial charge in [-0.25, -0.2) is 0 Å². The van der Waals surface area contributed by atoms with Crippen molar-refractivity contribution in [3.63, 3.8) is 0 Å². The number of ketones is 1. The van der Waals surface area contributed by atoms with Gasteiger partial charge in [-0.3, -0.25) is 19.3 Å². The summed E-state index contributed by atoms with van der Waals surface area (Å²) in [7, 11) is 0. The molecule has 0 radical (unpaired) electrons. The zero-order valence-corrected chi connectivity index (χ0v) is 19.9. The monoisotopic (exact) mass is 490 g/mol. The molecular formula is C27H26N2O7. The van der Waals surface area contributed by atoms with Gasteiger partial charge in [0.05, 0.1) is 25.4 Å². The van der Waals surface area contributed by atoms with Gasteiger partial charge in [-0.15, -0.1) is 0 Å². The number of Topliss-reactive ketones (excluding diaryl/α,β-unsaturated/α-hetero) is 1. The lowest BCUT2D eigenvalue weighted by atomic mass is 10.1. The molecule has 2 amide bonds. The van der Waals surface area contributed by atoms with E-state index in [2.05, 4.69) is 0 Å². The summed E-state index contributed by atoms with van der Waals surface area (Å²) in [4.78, 5) is 41.4. The van der Waals surface area contributed by atoms with E-state index in [1.165, 1.54) is 4.90 Å². The number of amides is 2. The first-order chi connectivity index (χ1) is 17.5. The molecular weight excluding hydrogens is 464 g/mol. The largest absolute Gasteiger partial charge is 0.485 e. The fourth-order valence-corrected chi connectivity index (χ4v) is 4.14. The zero-order valence-electron chi connectivity index (χ0n) is 19.9. The van der Waals surface area contributed by atoms with Crippen LogP contribution in [-0.4, -0.2) is 62.0 Å². The van der Waals surface area contributed by atoms with Gasteiger partial charge in [-0.1, -0.05) is 12.1 Å². The second kappa shape index (κ2) is 10.2. The number of aryl methyl sites for hydroxylation is 1. The van der Waals surface area contributed by atoms with Crippen LogP contribution in [-0.2, 0) is 16.1 Å². The lowest BCUT2D eigenvalue weighted by Gasteiger charge is -2.29. The minimum absolute atomic E-state index is 0.100. The summed E-state index contributed by atoms with van der Waals surface area (Å²) in [6.07, 6.45) is 0. The van der Waals surface area contributed by atoms with E-state index in [-0.39, 0.29) is 43.1 Å². The molecule has 0 saturated carbocycles. The quantitative estimate of drug-likeness (QED) is 0.469. The van der Waals surface area contributed by atoms with Gasteiger partial charge in [0.15, 0.2) is 24.8 Å². The van der Waals surface area contributed by atoms with Gasteiger partial charge in [0.2, 0.25) is 0 Å². The van der Waals surface area contributed by atoms with Crippen molar-refractivity contribution in [2.75, 3.05) is 44.4 Å². The maximum absolute atomic E-state index is 12.8. The number of fused-ring (bicyclic) bond motifs is 1. The fourth-order valence-electron chi connectivity index (χ4n) is 4.14. The predicted octanol–water partition coefficient (Wildman–Crippen LogP) is 3.25. The summed E-state index contributed by atoms with van der Waals surface area (Å²) in [5.74, 6) is 1.05. The van der Waals surface area contributed by atoms with Gasteiger partial charge in [-0.05, 0) is 55.0 Å². The molecule has 9 heteroatoms. The molecule has 1 aromatic heterocycles. The van der Waals surface area contributed by atoms with Crippen molar-refractivity contribution in [1.29, 1.82) is 0 Å². The maximum atomic E-state index is 12.8. The SMILES string of the molecule is Cc1cccc(OCC(=O)c2ccc3c(c2)N(Cc2ccc(C(=O)N4CCOCC4)o2)C(=O)CO3)c1. The van der Waals surface area contributed by atoms with E-state index in [9.17, 15) is 14.4 Å². The first kappa shape index (κ1) is 23.6. The van der Waals surface area contributed by atoms with E-state index in [4.69, 9.17) is 18.6 Å². The zero-order chi connectivity index (χ0) is 25.1. The van der Waals surface area contributed by atoms with Crippen LogP contribution >= 0.6 is 0 Å². The Labute approximate surface area is 208 Å². The summed E-state index contributed by atoms with van der Waals surface area (Å²) in [6, 6.07) is 15.7. The van der Waals surface area contributed by atoms with Crippen molar-refractivity contribution in [3.05, 3.63) is 77.2 Å². The molecule has 3 heterocycles. The highest BCUT2D eigenvalue weighted by Crippen LogP contribution is 2.34. The van der Waals surface area contributed by atoms with Crippen LogP contribution in [0, 0.1) is 6.92 Å². The first-order valence-electron chi connectivity index (χ1n) is 11.7. The van der Waals surface area contributed by atoms with Crippen molar-refractivity contribution in [1.82, 2.24) is 4.90 Å². The number of furan rings is 1. The number of benzene rings is 2. The summed E-state index contributed by atoms with van der Waals surface area (Å²) in [5.41, 5.74) is 1.89. The molecule has 5 rings (SSSR count). The topological polar surface area (TPSA) is 98.5 Å². The molecule has 0 aliphatic carbocycles. The minimum Gasteiger partial charge on any atom is -0.485 e. The third-order valence-electron chi connectivity index (χ3n) is 6.07. The standard InChI is InChI=1S/C27H26N2O7/c1-18-3-2-4-20(13-18)34-16-23(30)19-5-7-24-22(14-19)29(26(31)17-35-24)15-21-6-8-25(36-21)27(32)28-9-11-33-12-10-28/h2-8,13-14H,9-12,15-17H2,1H3. The van der Waals surface area contributed by atoms with Crippen LogP contribution in [0.5, 0.6) is 11.5 Å². The lowest BCUT2D eigenvalue weighted by Crippen LogP contribution is -2.40. The van der Waals surface area contributed by atoms with Crippen LogP contribution in [0.2, 0.25) is 0 Å². The Kier molecular flexibility index (Phi) is 6.73. The summed E-state index contributed by atoms with van der Waals surface area (Å²) in [6.45, 7) is 3.79. The number of carbonyl (C=O) groups excluding carboxylic acids is 3. The molecule has 0 atom stereocenters. The van der Waals surface area contributed by atoms with E-state index < -0.39 is 0 Å². The smallest absolute Gasteiger partial charge is 0.289 e. The number of carbonyl (C=O) groups is 3. The van der Waals surface area contributed by atoms with Gasteiger partial charge in [0.25, 0.3) is 11.8 Å². The average Bonchev–Trinajstić information content (AvgIpc) is 3.37. The maximum Gasteiger partial charge on any atom is 0.289 e. The highest BCUT2D eigenvalue weighted by molar-refractivity contribution is 6.02. The van der Waals surface area contributed by atoms with Gasteiger partial charge >= 0.3 is 0 Å². The minimum atomic E-state index is -0.277. The van der Waals surface area contributed by atoms with E-state index in [1.807, 2.05) is 25.1 Å². The normalized spacial score (nSPS) is 15.3. The second-order valence-corrected chi connectivity index (χ2v) is 8.65. The summed E-state index contributed by atoms with van der Waals surface area (Å²) in [5, 5.41) is 0. The van der Waals surface area contributed by atoms with Crippen molar-refractivity contribution in [2.24, 2.45) is 0 Å². The van der Waals surface area contributed by atoms with Crippen LogP contribution in [0.25, 0.3) is 0 Å². The van der Waals surface area contributed by atoms with E-state index in [0.29, 0.717) is 54.8 Å². The van der Waals surface area contributed by atoms with Crippen LogP contribution in [0.4, 0.5) is 5.69 Å². The second-order valence-electron chi connectivity index (χ2n) is 8.65. The van der Waals surface area contributed by atoms with Gasteiger partial charge in [0.1, 0.15) is 17.3 Å². The van der Waals surface area contributed by atoms with Crippen molar-refractivity contribution in [3.8, 4) is 11.5 Å². The van der Waals surface area contributed by atoms with Gasteiger partial charge in [-0.2, -0.15) is 0 Å². The lowest BCUT2D eigenvalue weighted by molar-refractivity contribution is -0.121. The Morgan fingerprint density at radius 1 is 1.03 bits per heavy atom. The molecule has 186 valence electrons. The van der Waals surface area contributed by atoms with Crippen molar-refractivity contribution in [2.45, 2.75) is 13.5 Å².